The Labute approximate surface area is 117 Å². The first-order chi connectivity index (χ1) is 9.61. The Morgan fingerprint density at radius 2 is 1.71 bits per heavy atom. The maximum Gasteiger partial charge on any atom is 0.391 e. The molecule has 10 heteroatoms. The average Bonchev–Trinajstić information content (AvgIpc) is 2.36. The van der Waals surface area contributed by atoms with E-state index in [4.69, 9.17) is 10.2 Å². The lowest BCUT2D eigenvalue weighted by atomic mass is 9.96. The lowest BCUT2D eigenvalue weighted by molar-refractivity contribution is -0.183. The number of rotatable bonds is 4. The van der Waals surface area contributed by atoms with E-state index >= 15 is 0 Å². The van der Waals surface area contributed by atoms with Crippen LogP contribution in [0.3, 0.4) is 0 Å². The fraction of sp³-hybridized carbons (Fsp3) is 0.727. The van der Waals surface area contributed by atoms with Crippen LogP contribution in [0.15, 0.2) is 0 Å². The molecule has 120 valence electrons. The molecule has 0 bridgehead atoms. The summed E-state index contributed by atoms with van der Waals surface area (Å²) in [7, 11) is 0. The van der Waals surface area contributed by atoms with Crippen molar-refractivity contribution in [2.45, 2.75) is 31.5 Å². The van der Waals surface area contributed by atoms with E-state index in [9.17, 15) is 27.6 Å². The topological polar surface area (TPSA) is 107 Å². The summed E-state index contributed by atoms with van der Waals surface area (Å²) in [5.74, 6) is -4.40. The van der Waals surface area contributed by atoms with Crippen LogP contribution in [-0.2, 0) is 9.59 Å². The van der Waals surface area contributed by atoms with E-state index in [0.29, 0.717) is 0 Å². The molecule has 1 unspecified atom stereocenters. The predicted molar refractivity (Wildman–Crippen MR) is 62.6 cm³/mol. The molecular weight excluding hydrogens is 297 g/mol. The van der Waals surface area contributed by atoms with E-state index in [2.05, 4.69) is 0 Å². The molecule has 3 N–H and O–H groups in total. The zero-order valence-electron chi connectivity index (χ0n) is 10.9. The van der Waals surface area contributed by atoms with Crippen molar-refractivity contribution in [3.63, 3.8) is 0 Å². The first-order valence-electron chi connectivity index (χ1n) is 6.18. The normalized spacial score (nSPS) is 18.1. The molecule has 0 saturated carbocycles. The molecule has 2 amide bonds. The van der Waals surface area contributed by atoms with Crippen LogP contribution in [0.5, 0.6) is 0 Å². The molecule has 0 aliphatic carbocycles. The van der Waals surface area contributed by atoms with Crippen LogP contribution in [0.25, 0.3) is 0 Å². The third-order valence-corrected chi connectivity index (χ3v) is 3.22. The summed E-state index contributed by atoms with van der Waals surface area (Å²) in [6.45, 7) is -0.315. The summed E-state index contributed by atoms with van der Waals surface area (Å²) in [4.78, 5) is 34.0. The minimum Gasteiger partial charge on any atom is -0.481 e. The SMILES string of the molecule is O=C(O)CC(NC(=O)N1CCC(C(F)(F)F)CC1)C(=O)O. The van der Waals surface area contributed by atoms with E-state index in [1.807, 2.05) is 5.32 Å². The number of carbonyl (C=O) groups excluding carboxylic acids is 1. The second-order valence-corrected chi connectivity index (χ2v) is 4.74. The van der Waals surface area contributed by atoms with E-state index in [0.717, 1.165) is 4.90 Å². The van der Waals surface area contributed by atoms with Crippen molar-refractivity contribution < 1.29 is 37.8 Å². The van der Waals surface area contributed by atoms with Crippen LogP contribution in [0.2, 0.25) is 0 Å². The Kier molecular flexibility index (Phi) is 5.39. The maximum atomic E-state index is 12.5. The van der Waals surface area contributed by atoms with Gasteiger partial charge in [-0.2, -0.15) is 13.2 Å². The molecule has 1 fully saturated rings. The minimum atomic E-state index is -4.31. The number of urea groups is 1. The fourth-order valence-corrected chi connectivity index (χ4v) is 2.02. The Morgan fingerprint density at radius 3 is 2.10 bits per heavy atom. The van der Waals surface area contributed by atoms with Crippen LogP contribution in [0.4, 0.5) is 18.0 Å². The number of piperidine rings is 1. The predicted octanol–water partition coefficient (Wildman–Crippen LogP) is 0.898. The molecular formula is C11H15F3N2O5. The highest BCUT2D eigenvalue weighted by Crippen LogP contribution is 2.34. The first kappa shape index (κ1) is 17.1. The number of amides is 2. The largest absolute Gasteiger partial charge is 0.481 e. The van der Waals surface area contributed by atoms with Gasteiger partial charge in [-0.15, -0.1) is 0 Å². The highest BCUT2D eigenvalue weighted by molar-refractivity contribution is 5.86. The number of likely N-dealkylation sites (tertiary alicyclic amines) is 1. The Bertz CT molecular complexity index is 419. The molecule has 1 aliphatic heterocycles. The van der Waals surface area contributed by atoms with Gasteiger partial charge >= 0.3 is 24.1 Å². The zero-order chi connectivity index (χ0) is 16.2. The summed E-state index contributed by atoms with van der Waals surface area (Å²) in [5, 5.41) is 19.3. The first-order valence-corrected chi connectivity index (χ1v) is 6.18. The molecule has 1 heterocycles. The van der Waals surface area contributed by atoms with Gasteiger partial charge in [-0.1, -0.05) is 0 Å². The van der Waals surface area contributed by atoms with Gasteiger partial charge in [-0.3, -0.25) is 4.79 Å². The number of aliphatic carboxylic acids is 2. The Balaban J connectivity index is 2.53. The van der Waals surface area contributed by atoms with E-state index in [-0.39, 0.29) is 25.9 Å². The zero-order valence-corrected chi connectivity index (χ0v) is 10.9. The van der Waals surface area contributed by atoms with Gasteiger partial charge in [0.1, 0.15) is 6.04 Å². The molecule has 1 atom stereocenters. The van der Waals surface area contributed by atoms with Gasteiger partial charge in [0.25, 0.3) is 0 Å². The van der Waals surface area contributed by atoms with Crippen molar-refractivity contribution in [1.82, 2.24) is 10.2 Å². The van der Waals surface area contributed by atoms with Gasteiger partial charge in [0.05, 0.1) is 12.3 Å². The van der Waals surface area contributed by atoms with Crippen molar-refractivity contribution in [2.24, 2.45) is 5.92 Å². The van der Waals surface area contributed by atoms with Gasteiger partial charge in [-0.05, 0) is 12.8 Å². The second kappa shape index (κ2) is 6.64. The summed E-state index contributed by atoms with van der Waals surface area (Å²) in [6.07, 6.45) is -5.63. The van der Waals surface area contributed by atoms with E-state index < -0.39 is 42.5 Å². The number of carboxylic acids is 2. The summed E-state index contributed by atoms with van der Waals surface area (Å²) in [5.41, 5.74) is 0. The lowest BCUT2D eigenvalue weighted by Crippen LogP contribution is -2.51. The van der Waals surface area contributed by atoms with Gasteiger partial charge in [0, 0.05) is 13.1 Å². The number of nitrogens with zero attached hydrogens (tertiary/aromatic N) is 1. The van der Waals surface area contributed by atoms with Crippen molar-refractivity contribution >= 4 is 18.0 Å². The third-order valence-electron chi connectivity index (χ3n) is 3.22. The smallest absolute Gasteiger partial charge is 0.391 e. The van der Waals surface area contributed by atoms with Crippen molar-refractivity contribution in [2.75, 3.05) is 13.1 Å². The van der Waals surface area contributed by atoms with E-state index in [1.54, 1.807) is 0 Å². The number of halogens is 3. The van der Waals surface area contributed by atoms with Crippen molar-refractivity contribution in [3.05, 3.63) is 0 Å². The van der Waals surface area contributed by atoms with Crippen LogP contribution >= 0.6 is 0 Å². The molecule has 0 aromatic rings. The molecule has 21 heavy (non-hydrogen) atoms. The van der Waals surface area contributed by atoms with Gasteiger partial charge in [0.2, 0.25) is 0 Å². The fourth-order valence-electron chi connectivity index (χ4n) is 2.02. The molecule has 1 rings (SSSR count). The third kappa shape index (κ3) is 5.12. The Hall–Kier alpha value is -2.00. The number of carbonyl (C=O) groups is 3. The highest BCUT2D eigenvalue weighted by atomic mass is 19.4. The molecule has 0 aromatic heterocycles. The molecule has 1 saturated heterocycles. The average molecular weight is 312 g/mol. The Morgan fingerprint density at radius 1 is 1.19 bits per heavy atom. The van der Waals surface area contributed by atoms with Gasteiger partial charge in [0.15, 0.2) is 0 Å². The molecule has 0 radical (unpaired) electrons. The number of alkyl halides is 3. The van der Waals surface area contributed by atoms with Crippen molar-refractivity contribution in [1.29, 1.82) is 0 Å². The summed E-state index contributed by atoms with van der Waals surface area (Å²) in [6, 6.07) is -2.49. The molecule has 1 aliphatic rings. The van der Waals surface area contributed by atoms with Crippen LogP contribution in [0, 0.1) is 5.92 Å². The quantitative estimate of drug-likeness (QED) is 0.715. The van der Waals surface area contributed by atoms with Gasteiger partial charge in [-0.25, -0.2) is 9.59 Å². The van der Waals surface area contributed by atoms with Crippen molar-refractivity contribution in [3.8, 4) is 0 Å². The van der Waals surface area contributed by atoms with Crippen LogP contribution in [-0.4, -0.2) is 58.4 Å². The molecule has 0 aromatic carbocycles. The monoisotopic (exact) mass is 312 g/mol. The molecule has 0 spiro atoms. The summed E-state index contributed by atoms with van der Waals surface area (Å²) >= 11 is 0. The van der Waals surface area contributed by atoms with Crippen LogP contribution in [0.1, 0.15) is 19.3 Å². The minimum absolute atomic E-state index is 0.157. The van der Waals surface area contributed by atoms with Gasteiger partial charge < -0.3 is 20.4 Å². The number of carboxylic acid groups (broad SMARTS) is 2. The summed E-state index contributed by atoms with van der Waals surface area (Å²) < 4.78 is 37.4. The lowest BCUT2D eigenvalue weighted by Gasteiger charge is -2.33. The second-order valence-electron chi connectivity index (χ2n) is 4.74. The number of hydrogen-bond acceptors (Lipinski definition) is 3. The highest BCUT2D eigenvalue weighted by Gasteiger charge is 2.42. The maximum absolute atomic E-state index is 12.5. The standard InChI is InChI=1S/C11H15F3N2O5/c12-11(13,14)6-1-3-16(4-2-6)10(21)15-7(9(19)20)5-8(17)18/h6-7H,1-5H2,(H,15,21)(H,17,18)(H,19,20). The molecule has 7 nitrogen and oxygen atoms in total. The van der Waals surface area contributed by atoms with Crippen LogP contribution < -0.4 is 5.32 Å². The number of nitrogens with one attached hydrogen (secondary N) is 1. The number of hydrogen-bond donors (Lipinski definition) is 3. The van der Waals surface area contributed by atoms with E-state index in [1.165, 1.54) is 0 Å².